The zero-order chi connectivity index (χ0) is 28.2. The third-order valence-corrected chi connectivity index (χ3v) is 7.12. The molecule has 0 saturated carbocycles. The average molecular weight is 543 g/mol. The van der Waals surface area contributed by atoms with E-state index in [0.29, 0.717) is 42.3 Å². The molecule has 2 aliphatic heterocycles. The van der Waals surface area contributed by atoms with Crippen LogP contribution in [0.25, 0.3) is 5.76 Å². The number of hydrogen-bond donors (Lipinski definition) is 1. The van der Waals surface area contributed by atoms with E-state index in [-0.39, 0.29) is 24.0 Å². The van der Waals surface area contributed by atoms with Gasteiger partial charge in [0.15, 0.2) is 11.5 Å². The molecule has 5 rings (SSSR count). The summed E-state index contributed by atoms with van der Waals surface area (Å²) in [5, 5.41) is 11.6. The number of hydrogen-bond acceptors (Lipinski definition) is 7. The average Bonchev–Trinajstić information content (AvgIpc) is 3.45. The van der Waals surface area contributed by atoms with Gasteiger partial charge in [-0.2, -0.15) is 0 Å². The molecular formula is C32H34N2O6. The number of benzene rings is 2. The molecular weight excluding hydrogens is 508 g/mol. The standard InChI is InChI=1S/C32H34N2O6/c1-4-6-14-39-26-12-9-22(17-27(26)38-5-2)29-28(30(35)23-10-11-25-24(16-23)15-20(3)40-25)31(36)32(37)34(29)19-21-8-7-13-33-18-21/h7-13,16-18,20,29,35H,4-6,14-15,19H2,1-3H3/b30-28-. The third kappa shape index (κ3) is 5.39. The van der Waals surface area contributed by atoms with Crippen LogP contribution in [0, 0.1) is 0 Å². The SMILES string of the molecule is CCCCOc1ccc(C2/C(=C(/O)c3ccc4c(c3)CC(C)O4)C(=O)C(=O)N2Cc2cccnc2)cc1OCC. The number of Topliss-reactive ketones (excluding diaryl/α,β-unsaturated/α-hetero) is 1. The van der Waals surface area contributed by atoms with Gasteiger partial charge in [-0.15, -0.1) is 0 Å². The van der Waals surface area contributed by atoms with Crippen LogP contribution < -0.4 is 14.2 Å². The Morgan fingerprint density at radius 3 is 2.70 bits per heavy atom. The van der Waals surface area contributed by atoms with E-state index in [9.17, 15) is 14.7 Å². The highest BCUT2D eigenvalue weighted by Gasteiger charge is 2.46. The van der Waals surface area contributed by atoms with Gasteiger partial charge in [-0.1, -0.05) is 25.5 Å². The molecule has 1 fully saturated rings. The zero-order valence-corrected chi connectivity index (χ0v) is 23.1. The third-order valence-electron chi connectivity index (χ3n) is 7.12. The number of unbranched alkanes of at least 4 members (excludes halogenated alkanes) is 1. The lowest BCUT2D eigenvalue weighted by molar-refractivity contribution is -0.140. The number of ketones is 1. The van der Waals surface area contributed by atoms with Crippen LogP contribution in [0.3, 0.4) is 0 Å². The minimum Gasteiger partial charge on any atom is -0.507 e. The summed E-state index contributed by atoms with van der Waals surface area (Å²) >= 11 is 0. The number of pyridine rings is 1. The number of carbonyl (C=O) groups excluding carboxylic acids is 2. The second kappa shape index (κ2) is 11.8. The lowest BCUT2D eigenvalue weighted by Crippen LogP contribution is -2.29. The molecule has 8 heteroatoms. The molecule has 8 nitrogen and oxygen atoms in total. The molecule has 2 atom stereocenters. The summed E-state index contributed by atoms with van der Waals surface area (Å²) in [4.78, 5) is 32.6. The maximum absolute atomic E-state index is 13.5. The Hall–Kier alpha value is -4.33. The van der Waals surface area contributed by atoms with Gasteiger partial charge in [0.2, 0.25) is 0 Å². The summed E-state index contributed by atoms with van der Waals surface area (Å²) < 4.78 is 17.7. The highest BCUT2D eigenvalue weighted by Crippen LogP contribution is 2.43. The molecule has 208 valence electrons. The molecule has 1 aromatic heterocycles. The van der Waals surface area contributed by atoms with Gasteiger partial charge in [0.05, 0.1) is 24.8 Å². The molecule has 0 bridgehead atoms. The van der Waals surface area contributed by atoms with E-state index >= 15 is 0 Å². The molecule has 3 heterocycles. The summed E-state index contributed by atoms with van der Waals surface area (Å²) in [6.45, 7) is 7.07. The van der Waals surface area contributed by atoms with E-state index < -0.39 is 17.7 Å². The molecule has 2 unspecified atom stereocenters. The molecule has 1 saturated heterocycles. The van der Waals surface area contributed by atoms with Gasteiger partial charge in [-0.25, -0.2) is 0 Å². The number of aromatic nitrogens is 1. The van der Waals surface area contributed by atoms with Crippen molar-refractivity contribution in [3.8, 4) is 17.2 Å². The zero-order valence-electron chi connectivity index (χ0n) is 23.1. The second-order valence-electron chi connectivity index (χ2n) is 10.1. The number of aliphatic hydroxyl groups excluding tert-OH is 1. The van der Waals surface area contributed by atoms with E-state index in [0.717, 1.165) is 29.7 Å². The van der Waals surface area contributed by atoms with Crippen molar-refractivity contribution in [2.45, 2.75) is 58.7 Å². The van der Waals surface area contributed by atoms with Gasteiger partial charge in [0.1, 0.15) is 17.6 Å². The fourth-order valence-corrected chi connectivity index (χ4v) is 5.21. The van der Waals surface area contributed by atoms with Crippen LogP contribution in [0.4, 0.5) is 0 Å². The Morgan fingerprint density at radius 2 is 1.95 bits per heavy atom. The smallest absolute Gasteiger partial charge is 0.295 e. The number of fused-ring (bicyclic) bond motifs is 1. The van der Waals surface area contributed by atoms with E-state index in [1.54, 1.807) is 42.7 Å². The first-order valence-corrected chi connectivity index (χ1v) is 13.8. The normalized spacial score (nSPS) is 19.4. The number of carbonyl (C=O) groups is 2. The van der Waals surface area contributed by atoms with Crippen LogP contribution in [-0.2, 0) is 22.6 Å². The first-order valence-electron chi connectivity index (χ1n) is 13.8. The first-order chi connectivity index (χ1) is 19.4. The van der Waals surface area contributed by atoms with Gasteiger partial charge >= 0.3 is 0 Å². The number of aliphatic hydroxyl groups is 1. The molecule has 3 aromatic rings. The first kappa shape index (κ1) is 27.2. The minimum atomic E-state index is -0.840. The summed E-state index contributed by atoms with van der Waals surface area (Å²) in [7, 11) is 0. The van der Waals surface area contributed by atoms with E-state index in [1.165, 1.54) is 4.90 Å². The maximum atomic E-state index is 13.5. The van der Waals surface area contributed by atoms with Gasteiger partial charge in [0.25, 0.3) is 11.7 Å². The molecule has 40 heavy (non-hydrogen) atoms. The number of likely N-dealkylation sites (tertiary alicyclic amines) is 1. The van der Waals surface area contributed by atoms with Crippen molar-refractivity contribution in [2.24, 2.45) is 0 Å². The van der Waals surface area contributed by atoms with E-state index in [2.05, 4.69) is 11.9 Å². The summed E-state index contributed by atoms with van der Waals surface area (Å²) in [5.41, 5.74) is 2.84. The highest BCUT2D eigenvalue weighted by atomic mass is 16.5. The minimum absolute atomic E-state index is 0.0305. The number of rotatable bonds is 10. The number of nitrogens with zero attached hydrogens (tertiary/aromatic N) is 2. The molecule has 1 amide bonds. The number of amides is 1. The molecule has 0 aliphatic carbocycles. The van der Waals surface area contributed by atoms with Gasteiger partial charge in [-0.3, -0.25) is 14.6 Å². The second-order valence-corrected chi connectivity index (χ2v) is 10.1. The topological polar surface area (TPSA) is 98.2 Å². The summed E-state index contributed by atoms with van der Waals surface area (Å²) in [6.07, 6.45) is 5.95. The van der Waals surface area contributed by atoms with Gasteiger partial charge in [-0.05, 0) is 73.4 Å². The molecule has 0 spiro atoms. The molecule has 2 aromatic carbocycles. The Labute approximate surface area is 234 Å². The fraction of sp³-hybridized carbons (Fsp3) is 0.344. The quantitative estimate of drug-likeness (QED) is 0.154. The van der Waals surface area contributed by atoms with Crippen LogP contribution in [0.1, 0.15) is 61.9 Å². The van der Waals surface area contributed by atoms with Crippen molar-refractivity contribution >= 4 is 17.4 Å². The van der Waals surface area contributed by atoms with Crippen molar-refractivity contribution in [1.29, 1.82) is 0 Å². The van der Waals surface area contributed by atoms with Gasteiger partial charge in [0, 0.05) is 30.9 Å². The predicted octanol–water partition coefficient (Wildman–Crippen LogP) is 5.60. The Kier molecular flexibility index (Phi) is 8.05. The van der Waals surface area contributed by atoms with Crippen molar-refractivity contribution in [3.05, 3.63) is 88.8 Å². The summed E-state index contributed by atoms with van der Waals surface area (Å²) in [6, 6.07) is 13.5. The Morgan fingerprint density at radius 1 is 1.10 bits per heavy atom. The highest BCUT2D eigenvalue weighted by molar-refractivity contribution is 6.46. The fourth-order valence-electron chi connectivity index (χ4n) is 5.21. The maximum Gasteiger partial charge on any atom is 0.295 e. The van der Waals surface area contributed by atoms with Crippen LogP contribution in [0.5, 0.6) is 17.2 Å². The van der Waals surface area contributed by atoms with Crippen LogP contribution in [0.15, 0.2) is 66.5 Å². The molecule has 2 aliphatic rings. The lowest BCUT2D eigenvalue weighted by Gasteiger charge is -2.26. The van der Waals surface area contributed by atoms with E-state index in [1.807, 2.05) is 32.0 Å². The molecule has 1 N–H and O–H groups in total. The van der Waals surface area contributed by atoms with Crippen molar-refractivity contribution in [1.82, 2.24) is 9.88 Å². The van der Waals surface area contributed by atoms with E-state index in [4.69, 9.17) is 14.2 Å². The largest absolute Gasteiger partial charge is 0.507 e. The van der Waals surface area contributed by atoms with Crippen LogP contribution in [0.2, 0.25) is 0 Å². The van der Waals surface area contributed by atoms with Gasteiger partial charge < -0.3 is 24.2 Å². The number of ether oxygens (including phenoxy) is 3. The Balaban J connectivity index is 1.61. The molecule has 0 radical (unpaired) electrons. The van der Waals surface area contributed by atoms with Crippen molar-refractivity contribution in [2.75, 3.05) is 13.2 Å². The summed E-state index contributed by atoms with van der Waals surface area (Å²) in [5.74, 6) is 0.230. The van der Waals surface area contributed by atoms with Crippen molar-refractivity contribution in [3.63, 3.8) is 0 Å². The predicted molar refractivity (Wildman–Crippen MR) is 150 cm³/mol. The van der Waals surface area contributed by atoms with Crippen LogP contribution >= 0.6 is 0 Å². The van der Waals surface area contributed by atoms with Crippen molar-refractivity contribution < 1.29 is 28.9 Å². The Bertz CT molecular complexity index is 1430. The lowest BCUT2D eigenvalue weighted by atomic mass is 9.94. The van der Waals surface area contributed by atoms with Crippen LogP contribution in [-0.4, -0.2) is 46.0 Å². The monoisotopic (exact) mass is 542 g/mol.